The first-order valence-corrected chi connectivity index (χ1v) is 14.8. The van der Waals surface area contributed by atoms with Crippen molar-refractivity contribution in [1.29, 1.82) is 0 Å². The fourth-order valence-electron chi connectivity index (χ4n) is 3.59. The molecule has 1 aromatic heterocycles. The van der Waals surface area contributed by atoms with E-state index in [1.165, 1.54) is 6.42 Å². The molecule has 1 fully saturated rings. The van der Waals surface area contributed by atoms with Crippen LogP contribution in [0.25, 0.3) is 16.7 Å². The molecule has 0 aliphatic carbocycles. The van der Waals surface area contributed by atoms with E-state index in [2.05, 4.69) is 55.5 Å². The second-order valence-corrected chi connectivity index (χ2v) is 14.9. The van der Waals surface area contributed by atoms with Crippen molar-refractivity contribution in [1.82, 2.24) is 9.55 Å². The third-order valence-electron chi connectivity index (χ3n) is 6.61. The molecule has 1 aliphatic rings. The number of nitrogens with zero attached hydrogens (tertiary/aromatic N) is 2. The van der Waals surface area contributed by atoms with Gasteiger partial charge in [-0.2, -0.15) is 0 Å². The molecule has 2 heterocycles. The van der Waals surface area contributed by atoms with E-state index >= 15 is 0 Å². The molecule has 0 N–H and O–H groups in total. The van der Waals surface area contributed by atoms with Crippen LogP contribution in [-0.4, -0.2) is 44.0 Å². The molecule has 178 valence electrons. The average molecular weight is 469 g/mol. The summed E-state index contributed by atoms with van der Waals surface area (Å²) >= 11 is 0. The molecule has 1 atom stereocenters. The summed E-state index contributed by atoms with van der Waals surface area (Å²) in [4.78, 5) is 4.61. The Kier molecular flexibility index (Phi) is 7.12. The first kappa shape index (κ1) is 23.8. The minimum Gasteiger partial charge on any atom is -0.543 e. The van der Waals surface area contributed by atoms with Gasteiger partial charge < -0.3 is 18.6 Å². The van der Waals surface area contributed by atoms with Crippen LogP contribution in [0.15, 0.2) is 48.8 Å². The maximum absolute atomic E-state index is 6.45. The molecular formula is C26H36N2O4Si. The van der Waals surface area contributed by atoms with E-state index < -0.39 is 8.32 Å². The molecule has 0 saturated carbocycles. The molecule has 1 saturated heterocycles. The summed E-state index contributed by atoms with van der Waals surface area (Å²) in [6, 6.07) is 14.2. The van der Waals surface area contributed by atoms with Crippen LogP contribution >= 0.6 is 0 Å². The van der Waals surface area contributed by atoms with Crippen molar-refractivity contribution < 1.29 is 18.6 Å². The van der Waals surface area contributed by atoms with Gasteiger partial charge in [0.1, 0.15) is 24.4 Å². The third-order valence-corrected chi connectivity index (χ3v) is 11.0. The molecule has 1 unspecified atom stereocenters. The molecule has 3 aromatic rings. The lowest BCUT2D eigenvalue weighted by atomic mass is 10.2. The first-order chi connectivity index (χ1) is 15.7. The normalized spacial score (nSPS) is 17.3. The van der Waals surface area contributed by atoms with Gasteiger partial charge in [-0.05, 0) is 73.8 Å². The van der Waals surface area contributed by atoms with Gasteiger partial charge >= 0.3 is 0 Å². The Balaban J connectivity index is 1.37. The zero-order valence-corrected chi connectivity index (χ0v) is 21.5. The molecule has 0 amide bonds. The SMILES string of the molecule is CC(C)(C)[Si](C)(C)Oc1ccc2c(c1)ncn2-c1ccc(OCCOC2CCCCO2)cc1. The van der Waals surface area contributed by atoms with E-state index in [0.717, 1.165) is 47.7 Å². The van der Waals surface area contributed by atoms with Crippen LogP contribution in [0.5, 0.6) is 11.5 Å². The Morgan fingerprint density at radius 3 is 2.48 bits per heavy atom. The van der Waals surface area contributed by atoms with E-state index in [9.17, 15) is 0 Å². The monoisotopic (exact) mass is 468 g/mol. The number of rotatable bonds is 8. The second-order valence-electron chi connectivity index (χ2n) is 10.1. The maximum atomic E-state index is 6.45. The van der Waals surface area contributed by atoms with Gasteiger partial charge in [-0.15, -0.1) is 0 Å². The minimum absolute atomic E-state index is 0.0768. The summed E-state index contributed by atoms with van der Waals surface area (Å²) in [5, 5.41) is 0.154. The molecule has 0 bridgehead atoms. The molecule has 1 aliphatic heterocycles. The van der Waals surface area contributed by atoms with Crippen molar-refractivity contribution in [3.05, 3.63) is 48.8 Å². The Morgan fingerprint density at radius 1 is 1.03 bits per heavy atom. The summed E-state index contributed by atoms with van der Waals surface area (Å²) in [5.74, 6) is 1.71. The van der Waals surface area contributed by atoms with Crippen molar-refractivity contribution in [2.75, 3.05) is 19.8 Å². The minimum atomic E-state index is -1.89. The van der Waals surface area contributed by atoms with Crippen molar-refractivity contribution in [3.63, 3.8) is 0 Å². The lowest BCUT2D eigenvalue weighted by Crippen LogP contribution is -2.43. The van der Waals surface area contributed by atoms with Crippen LogP contribution in [0.4, 0.5) is 0 Å². The third kappa shape index (κ3) is 5.77. The van der Waals surface area contributed by atoms with Gasteiger partial charge in [0.15, 0.2) is 6.29 Å². The highest BCUT2D eigenvalue weighted by atomic mass is 28.4. The van der Waals surface area contributed by atoms with Gasteiger partial charge in [0.25, 0.3) is 0 Å². The van der Waals surface area contributed by atoms with Crippen LogP contribution in [0.2, 0.25) is 18.1 Å². The lowest BCUT2D eigenvalue weighted by molar-refractivity contribution is -0.165. The van der Waals surface area contributed by atoms with E-state index in [4.69, 9.17) is 18.6 Å². The molecule has 0 spiro atoms. The van der Waals surface area contributed by atoms with Crippen LogP contribution in [0.1, 0.15) is 40.0 Å². The number of hydrogen-bond donors (Lipinski definition) is 0. The van der Waals surface area contributed by atoms with Gasteiger partial charge in [-0.25, -0.2) is 4.98 Å². The molecular weight excluding hydrogens is 432 g/mol. The summed E-state index contributed by atoms with van der Waals surface area (Å²) < 4.78 is 25.7. The van der Waals surface area contributed by atoms with Gasteiger partial charge in [0.2, 0.25) is 8.32 Å². The number of hydrogen-bond acceptors (Lipinski definition) is 5. The van der Waals surface area contributed by atoms with Crippen molar-refractivity contribution in [2.24, 2.45) is 0 Å². The summed E-state index contributed by atoms with van der Waals surface area (Å²) in [6.07, 6.45) is 5.04. The Labute approximate surface area is 198 Å². The first-order valence-electron chi connectivity index (χ1n) is 11.9. The van der Waals surface area contributed by atoms with E-state index in [1.54, 1.807) is 0 Å². The van der Waals surface area contributed by atoms with Crippen molar-refractivity contribution in [2.45, 2.75) is 64.5 Å². The van der Waals surface area contributed by atoms with E-state index in [1.807, 2.05) is 36.7 Å². The fourth-order valence-corrected chi connectivity index (χ4v) is 4.62. The highest BCUT2D eigenvalue weighted by Gasteiger charge is 2.39. The zero-order chi connectivity index (χ0) is 23.5. The lowest BCUT2D eigenvalue weighted by Gasteiger charge is -2.36. The van der Waals surface area contributed by atoms with E-state index in [-0.39, 0.29) is 11.3 Å². The largest absolute Gasteiger partial charge is 0.543 e. The Bertz CT molecular complexity index is 1050. The molecule has 7 heteroatoms. The highest BCUT2D eigenvalue weighted by Crippen LogP contribution is 2.38. The fraction of sp³-hybridized carbons (Fsp3) is 0.500. The standard InChI is InChI=1S/C26H36N2O4Si/c1-26(2,3)33(4,5)32-22-13-14-24-23(18-22)27-19-28(24)20-9-11-21(12-10-20)29-16-17-31-25-8-6-7-15-30-25/h9-14,18-19,25H,6-8,15-17H2,1-5H3. The number of aromatic nitrogens is 2. The number of fused-ring (bicyclic) bond motifs is 1. The van der Waals surface area contributed by atoms with Crippen molar-refractivity contribution in [3.8, 4) is 17.2 Å². The highest BCUT2D eigenvalue weighted by molar-refractivity contribution is 6.74. The molecule has 4 rings (SSSR count). The molecule has 33 heavy (non-hydrogen) atoms. The van der Waals surface area contributed by atoms with Gasteiger partial charge in [-0.3, -0.25) is 4.57 Å². The average Bonchev–Trinajstić information content (AvgIpc) is 3.20. The predicted octanol–water partition coefficient (Wildman–Crippen LogP) is 6.33. The summed E-state index contributed by atoms with van der Waals surface area (Å²) in [6.45, 7) is 13.1. The quantitative estimate of drug-likeness (QED) is 0.285. The Hall–Kier alpha value is -2.35. The maximum Gasteiger partial charge on any atom is 0.250 e. The van der Waals surface area contributed by atoms with Crippen LogP contribution in [0, 0.1) is 0 Å². The molecule has 2 aromatic carbocycles. The van der Waals surface area contributed by atoms with E-state index in [0.29, 0.717) is 13.2 Å². The zero-order valence-electron chi connectivity index (χ0n) is 20.5. The number of ether oxygens (including phenoxy) is 3. The molecule has 0 radical (unpaired) electrons. The van der Waals surface area contributed by atoms with Crippen LogP contribution in [0.3, 0.4) is 0 Å². The summed E-state index contributed by atoms with van der Waals surface area (Å²) in [5.41, 5.74) is 3.01. The van der Waals surface area contributed by atoms with Gasteiger partial charge in [0, 0.05) is 18.4 Å². The second kappa shape index (κ2) is 9.87. The Morgan fingerprint density at radius 2 is 1.79 bits per heavy atom. The van der Waals surface area contributed by atoms with Crippen LogP contribution < -0.4 is 9.16 Å². The number of imidazole rings is 1. The van der Waals surface area contributed by atoms with Crippen molar-refractivity contribution >= 4 is 19.4 Å². The predicted molar refractivity (Wildman–Crippen MR) is 134 cm³/mol. The van der Waals surface area contributed by atoms with Crippen LogP contribution in [-0.2, 0) is 9.47 Å². The smallest absolute Gasteiger partial charge is 0.250 e. The topological polar surface area (TPSA) is 54.7 Å². The van der Waals surface area contributed by atoms with Gasteiger partial charge in [0.05, 0.1) is 17.6 Å². The van der Waals surface area contributed by atoms with Gasteiger partial charge in [-0.1, -0.05) is 20.8 Å². The summed E-state index contributed by atoms with van der Waals surface area (Å²) in [7, 11) is -1.89. The molecule has 6 nitrogen and oxygen atoms in total. The number of benzene rings is 2.